The SMILES string of the molecule is Cc1ccc2nc(-c3ccc(NC(=O)NCOc4ccc(C)c(C)c4)cc3)sc2c1. The molecule has 30 heavy (non-hydrogen) atoms. The number of benzene rings is 3. The molecule has 5 nitrogen and oxygen atoms in total. The normalized spacial score (nSPS) is 10.8. The number of amides is 2. The minimum absolute atomic E-state index is 0.0948. The van der Waals surface area contributed by atoms with Crippen LogP contribution in [0.5, 0.6) is 5.75 Å². The molecule has 1 heterocycles. The van der Waals surface area contributed by atoms with Crippen LogP contribution in [0.15, 0.2) is 60.7 Å². The number of ether oxygens (including phenoxy) is 1. The molecule has 0 aliphatic carbocycles. The Morgan fingerprint density at radius 2 is 1.77 bits per heavy atom. The summed E-state index contributed by atoms with van der Waals surface area (Å²) in [5.41, 5.74) is 6.32. The summed E-state index contributed by atoms with van der Waals surface area (Å²) >= 11 is 1.67. The van der Waals surface area contributed by atoms with Gasteiger partial charge in [0.1, 0.15) is 10.8 Å². The van der Waals surface area contributed by atoms with E-state index < -0.39 is 0 Å². The molecule has 0 unspecified atom stereocenters. The second kappa shape index (κ2) is 8.55. The first-order chi connectivity index (χ1) is 14.5. The number of thiazole rings is 1. The van der Waals surface area contributed by atoms with Crippen molar-refractivity contribution < 1.29 is 9.53 Å². The Balaban J connectivity index is 1.33. The number of hydrogen-bond acceptors (Lipinski definition) is 4. The van der Waals surface area contributed by atoms with E-state index in [1.54, 1.807) is 11.3 Å². The minimum Gasteiger partial charge on any atom is -0.473 e. The molecule has 0 aliphatic rings. The zero-order valence-corrected chi connectivity index (χ0v) is 18.0. The van der Waals surface area contributed by atoms with Gasteiger partial charge in [0.25, 0.3) is 0 Å². The van der Waals surface area contributed by atoms with Crippen molar-refractivity contribution in [2.24, 2.45) is 0 Å². The van der Waals surface area contributed by atoms with Crippen LogP contribution in [0.25, 0.3) is 20.8 Å². The highest BCUT2D eigenvalue weighted by atomic mass is 32.1. The summed E-state index contributed by atoms with van der Waals surface area (Å²) in [6, 6.07) is 19.5. The maximum atomic E-state index is 12.1. The Labute approximate surface area is 179 Å². The van der Waals surface area contributed by atoms with Crippen LogP contribution in [0.2, 0.25) is 0 Å². The zero-order chi connectivity index (χ0) is 21.1. The van der Waals surface area contributed by atoms with E-state index in [4.69, 9.17) is 9.72 Å². The van der Waals surface area contributed by atoms with E-state index in [1.807, 2.05) is 62.4 Å². The lowest BCUT2D eigenvalue weighted by atomic mass is 10.1. The molecule has 4 rings (SSSR count). The van der Waals surface area contributed by atoms with Crippen molar-refractivity contribution in [2.75, 3.05) is 12.0 Å². The molecular weight excluding hydrogens is 394 g/mol. The second-order valence-electron chi connectivity index (χ2n) is 7.23. The lowest BCUT2D eigenvalue weighted by molar-refractivity contribution is 0.234. The third-order valence-corrected chi connectivity index (χ3v) is 5.95. The number of fused-ring (bicyclic) bond motifs is 1. The predicted molar refractivity (Wildman–Crippen MR) is 123 cm³/mol. The summed E-state index contributed by atoms with van der Waals surface area (Å²) in [5.74, 6) is 0.730. The maximum absolute atomic E-state index is 12.1. The summed E-state index contributed by atoms with van der Waals surface area (Å²) in [5, 5.41) is 6.48. The van der Waals surface area contributed by atoms with Crippen LogP contribution in [0.3, 0.4) is 0 Å². The molecule has 0 radical (unpaired) electrons. The lowest BCUT2D eigenvalue weighted by Gasteiger charge is -2.10. The standard InChI is InChI=1S/C24H23N3O2S/c1-15-4-11-21-22(12-15)30-23(27-21)18-6-8-19(9-7-18)26-24(28)25-14-29-20-10-5-16(2)17(3)13-20/h4-13H,14H2,1-3H3,(H2,25,26,28). The van der Waals surface area contributed by atoms with Gasteiger partial charge >= 0.3 is 6.03 Å². The van der Waals surface area contributed by atoms with Crippen molar-refractivity contribution in [3.8, 4) is 16.3 Å². The number of aromatic nitrogens is 1. The Kier molecular flexibility index (Phi) is 5.68. The van der Waals surface area contributed by atoms with Gasteiger partial charge in [0.15, 0.2) is 6.73 Å². The smallest absolute Gasteiger partial charge is 0.321 e. The van der Waals surface area contributed by atoms with Crippen molar-refractivity contribution in [2.45, 2.75) is 20.8 Å². The molecule has 0 saturated heterocycles. The van der Waals surface area contributed by atoms with Gasteiger partial charge in [-0.05, 0) is 86.0 Å². The molecule has 2 N–H and O–H groups in total. The first-order valence-electron chi connectivity index (χ1n) is 9.70. The van der Waals surface area contributed by atoms with Crippen LogP contribution in [0, 0.1) is 20.8 Å². The van der Waals surface area contributed by atoms with E-state index in [0.29, 0.717) is 5.69 Å². The number of carbonyl (C=O) groups excluding carboxylic acids is 1. The highest BCUT2D eigenvalue weighted by Crippen LogP contribution is 2.31. The number of urea groups is 1. The van der Waals surface area contributed by atoms with Crippen molar-refractivity contribution in [3.63, 3.8) is 0 Å². The first-order valence-corrected chi connectivity index (χ1v) is 10.5. The van der Waals surface area contributed by atoms with Gasteiger partial charge < -0.3 is 15.4 Å². The fourth-order valence-electron chi connectivity index (χ4n) is 3.02. The summed E-state index contributed by atoms with van der Waals surface area (Å²) in [6.07, 6.45) is 0. The lowest BCUT2D eigenvalue weighted by Crippen LogP contribution is -2.32. The number of nitrogens with one attached hydrogen (secondary N) is 2. The van der Waals surface area contributed by atoms with Gasteiger partial charge in [-0.15, -0.1) is 11.3 Å². The van der Waals surface area contributed by atoms with E-state index >= 15 is 0 Å². The molecule has 0 bridgehead atoms. The topological polar surface area (TPSA) is 63.2 Å². The summed E-state index contributed by atoms with van der Waals surface area (Å²) in [6.45, 7) is 6.25. The summed E-state index contributed by atoms with van der Waals surface area (Å²) in [4.78, 5) is 16.8. The van der Waals surface area contributed by atoms with Gasteiger partial charge in [-0.1, -0.05) is 12.1 Å². The third kappa shape index (κ3) is 4.60. The quantitative estimate of drug-likeness (QED) is 0.389. The Hall–Kier alpha value is -3.38. The van der Waals surface area contributed by atoms with E-state index in [-0.39, 0.29) is 12.8 Å². The largest absolute Gasteiger partial charge is 0.473 e. The number of carbonyl (C=O) groups is 1. The Morgan fingerprint density at radius 3 is 2.53 bits per heavy atom. The van der Waals surface area contributed by atoms with Crippen LogP contribution in [-0.2, 0) is 0 Å². The highest BCUT2D eigenvalue weighted by Gasteiger charge is 2.08. The van der Waals surface area contributed by atoms with Crippen LogP contribution < -0.4 is 15.4 Å². The number of anilines is 1. The van der Waals surface area contributed by atoms with Crippen LogP contribution in [0.1, 0.15) is 16.7 Å². The van der Waals surface area contributed by atoms with Gasteiger partial charge in [-0.3, -0.25) is 0 Å². The molecule has 2 amide bonds. The maximum Gasteiger partial charge on any atom is 0.321 e. The average Bonchev–Trinajstić information content (AvgIpc) is 3.14. The highest BCUT2D eigenvalue weighted by molar-refractivity contribution is 7.21. The molecule has 4 aromatic rings. The monoisotopic (exact) mass is 417 g/mol. The fourth-order valence-corrected chi connectivity index (χ4v) is 4.08. The van der Waals surface area contributed by atoms with E-state index in [2.05, 4.69) is 29.7 Å². The van der Waals surface area contributed by atoms with Gasteiger partial charge in [0, 0.05) is 11.3 Å². The molecule has 152 valence electrons. The Morgan fingerprint density at radius 1 is 0.967 bits per heavy atom. The summed E-state index contributed by atoms with van der Waals surface area (Å²) < 4.78 is 6.76. The molecule has 0 fully saturated rings. The minimum atomic E-state index is -0.318. The molecule has 0 saturated carbocycles. The average molecular weight is 418 g/mol. The number of aryl methyl sites for hydroxylation is 3. The van der Waals surface area contributed by atoms with Crippen LogP contribution >= 0.6 is 11.3 Å². The molecule has 6 heteroatoms. The van der Waals surface area contributed by atoms with Gasteiger partial charge in [-0.2, -0.15) is 0 Å². The molecule has 1 aromatic heterocycles. The van der Waals surface area contributed by atoms with Gasteiger partial charge in [-0.25, -0.2) is 9.78 Å². The first kappa shape index (κ1) is 19.9. The van der Waals surface area contributed by atoms with E-state index in [9.17, 15) is 4.79 Å². The second-order valence-corrected chi connectivity index (χ2v) is 8.26. The van der Waals surface area contributed by atoms with Crippen molar-refractivity contribution >= 4 is 33.3 Å². The van der Waals surface area contributed by atoms with Crippen molar-refractivity contribution in [1.82, 2.24) is 10.3 Å². The predicted octanol–water partition coefficient (Wildman–Crippen LogP) is 6.05. The fraction of sp³-hybridized carbons (Fsp3) is 0.167. The number of hydrogen-bond donors (Lipinski definition) is 2. The molecular formula is C24H23N3O2S. The number of rotatable bonds is 5. The molecule has 3 aromatic carbocycles. The molecule has 0 aliphatic heterocycles. The van der Waals surface area contributed by atoms with E-state index in [0.717, 1.165) is 27.4 Å². The van der Waals surface area contributed by atoms with Crippen LogP contribution in [-0.4, -0.2) is 17.7 Å². The zero-order valence-electron chi connectivity index (χ0n) is 17.2. The van der Waals surface area contributed by atoms with Crippen LogP contribution in [0.4, 0.5) is 10.5 Å². The molecule has 0 spiro atoms. The number of nitrogens with zero attached hydrogens (tertiary/aromatic N) is 1. The molecule has 0 atom stereocenters. The van der Waals surface area contributed by atoms with Gasteiger partial charge in [0.2, 0.25) is 0 Å². The Bertz CT molecular complexity index is 1200. The summed E-state index contributed by atoms with van der Waals surface area (Å²) in [7, 11) is 0. The van der Waals surface area contributed by atoms with Crippen molar-refractivity contribution in [3.05, 3.63) is 77.4 Å². The van der Waals surface area contributed by atoms with E-state index in [1.165, 1.54) is 15.8 Å². The third-order valence-electron chi connectivity index (χ3n) is 4.88. The van der Waals surface area contributed by atoms with Crippen molar-refractivity contribution in [1.29, 1.82) is 0 Å². The van der Waals surface area contributed by atoms with Gasteiger partial charge in [0.05, 0.1) is 10.2 Å².